The molecule has 4 aromatic rings. The topological polar surface area (TPSA) is 60.9 Å². The average molecular weight is 478 g/mol. The van der Waals surface area contributed by atoms with Crippen LogP contribution in [0.25, 0.3) is 22.2 Å². The van der Waals surface area contributed by atoms with Gasteiger partial charge in [-0.05, 0) is 48.0 Å². The molecule has 0 aliphatic carbocycles. The normalized spacial score (nSPS) is 10.9. The van der Waals surface area contributed by atoms with E-state index in [1.807, 2.05) is 36.4 Å². The van der Waals surface area contributed by atoms with Crippen LogP contribution >= 0.6 is 0 Å². The van der Waals surface area contributed by atoms with Crippen LogP contribution in [-0.2, 0) is 6.54 Å². The van der Waals surface area contributed by atoms with Gasteiger partial charge in [0, 0.05) is 24.5 Å². The molecule has 0 aliphatic heterocycles. The lowest BCUT2D eigenvalue weighted by molar-refractivity contribution is -0.0498. The Morgan fingerprint density at radius 3 is 2.34 bits per heavy atom. The van der Waals surface area contributed by atoms with Gasteiger partial charge in [-0.3, -0.25) is 4.79 Å². The fourth-order valence-corrected chi connectivity index (χ4v) is 3.82. The van der Waals surface area contributed by atoms with Gasteiger partial charge in [0.1, 0.15) is 5.75 Å². The van der Waals surface area contributed by atoms with E-state index in [-0.39, 0.29) is 18.2 Å². The van der Waals surface area contributed by atoms with Crippen LogP contribution in [0.2, 0.25) is 0 Å². The Kier molecular flexibility index (Phi) is 7.10. The molecule has 1 aromatic heterocycles. The van der Waals surface area contributed by atoms with Crippen molar-refractivity contribution in [1.82, 2.24) is 9.88 Å². The van der Waals surface area contributed by atoms with Crippen molar-refractivity contribution in [2.75, 3.05) is 21.3 Å². The predicted octanol–water partition coefficient (Wildman–Crippen LogP) is 5.79. The minimum absolute atomic E-state index is 0.0671. The number of benzene rings is 3. The highest BCUT2D eigenvalue weighted by atomic mass is 19.3. The Balaban J connectivity index is 1.67. The van der Waals surface area contributed by atoms with E-state index in [4.69, 9.17) is 14.5 Å². The maximum absolute atomic E-state index is 13.5. The van der Waals surface area contributed by atoms with Gasteiger partial charge >= 0.3 is 6.61 Å². The first-order valence-electron chi connectivity index (χ1n) is 10.8. The van der Waals surface area contributed by atoms with Crippen molar-refractivity contribution < 1.29 is 27.8 Å². The van der Waals surface area contributed by atoms with E-state index in [0.717, 1.165) is 16.5 Å². The highest BCUT2D eigenvalue weighted by Gasteiger charge is 2.19. The van der Waals surface area contributed by atoms with Crippen LogP contribution in [0.4, 0.5) is 8.78 Å². The van der Waals surface area contributed by atoms with Gasteiger partial charge in [-0.25, -0.2) is 4.98 Å². The molecule has 0 saturated heterocycles. The van der Waals surface area contributed by atoms with Gasteiger partial charge in [0.2, 0.25) is 0 Å². The molecular weight excluding hydrogens is 454 g/mol. The number of aromatic nitrogens is 1. The smallest absolute Gasteiger partial charge is 0.387 e. The van der Waals surface area contributed by atoms with Crippen molar-refractivity contribution in [3.05, 3.63) is 83.9 Å². The number of fused-ring (bicyclic) bond motifs is 1. The molecular formula is C27H24F2N2O4. The molecule has 0 fully saturated rings. The van der Waals surface area contributed by atoms with Crippen LogP contribution in [0.5, 0.6) is 17.2 Å². The van der Waals surface area contributed by atoms with Gasteiger partial charge in [0.05, 0.1) is 31.0 Å². The molecule has 0 aliphatic rings. The van der Waals surface area contributed by atoms with E-state index < -0.39 is 6.61 Å². The first-order chi connectivity index (χ1) is 16.9. The van der Waals surface area contributed by atoms with Crippen molar-refractivity contribution >= 4 is 16.8 Å². The molecule has 180 valence electrons. The fraction of sp³-hybridized carbons (Fsp3) is 0.185. The first-order valence-corrected chi connectivity index (χ1v) is 10.8. The SMILES string of the molecule is COc1ccc(-c2cc(C(=O)N(C)Cc3ccc(OC(F)F)cc3)c3ccccc3n2)cc1OC. The van der Waals surface area contributed by atoms with Crippen molar-refractivity contribution in [1.29, 1.82) is 0 Å². The summed E-state index contributed by atoms with van der Waals surface area (Å²) >= 11 is 0. The van der Waals surface area contributed by atoms with Crippen LogP contribution in [0.3, 0.4) is 0 Å². The average Bonchev–Trinajstić information content (AvgIpc) is 2.87. The van der Waals surface area contributed by atoms with Crippen molar-refractivity contribution in [3.63, 3.8) is 0 Å². The van der Waals surface area contributed by atoms with Crippen molar-refractivity contribution in [2.24, 2.45) is 0 Å². The molecule has 1 heterocycles. The van der Waals surface area contributed by atoms with Crippen LogP contribution in [-0.4, -0.2) is 43.7 Å². The van der Waals surface area contributed by atoms with E-state index in [2.05, 4.69) is 4.74 Å². The molecule has 0 N–H and O–H groups in total. The number of ether oxygens (including phenoxy) is 3. The Morgan fingerprint density at radius 2 is 1.66 bits per heavy atom. The summed E-state index contributed by atoms with van der Waals surface area (Å²) in [4.78, 5) is 19.8. The summed E-state index contributed by atoms with van der Waals surface area (Å²) in [6.45, 7) is -2.60. The summed E-state index contributed by atoms with van der Waals surface area (Å²) in [5.41, 5.74) is 3.36. The first kappa shape index (κ1) is 23.9. The monoisotopic (exact) mass is 478 g/mol. The Morgan fingerprint density at radius 1 is 0.943 bits per heavy atom. The molecule has 4 rings (SSSR count). The second-order valence-corrected chi connectivity index (χ2v) is 7.83. The number of alkyl halides is 2. The molecule has 6 nitrogen and oxygen atoms in total. The molecule has 0 radical (unpaired) electrons. The molecule has 0 saturated carbocycles. The highest BCUT2D eigenvalue weighted by molar-refractivity contribution is 6.07. The Labute approximate surface area is 201 Å². The lowest BCUT2D eigenvalue weighted by Gasteiger charge is -2.19. The molecule has 35 heavy (non-hydrogen) atoms. The van der Waals surface area contributed by atoms with Crippen molar-refractivity contribution in [3.8, 4) is 28.5 Å². The number of pyridine rings is 1. The fourth-order valence-electron chi connectivity index (χ4n) is 3.82. The minimum Gasteiger partial charge on any atom is -0.493 e. The third-order valence-corrected chi connectivity index (χ3v) is 5.54. The number of para-hydroxylation sites is 1. The summed E-state index contributed by atoms with van der Waals surface area (Å²) < 4.78 is 39.9. The summed E-state index contributed by atoms with van der Waals surface area (Å²) in [5, 5.41) is 0.731. The van der Waals surface area contributed by atoms with Gasteiger partial charge in [-0.15, -0.1) is 0 Å². The lowest BCUT2D eigenvalue weighted by Crippen LogP contribution is -2.26. The summed E-state index contributed by atoms with van der Waals surface area (Å²) in [6, 6.07) is 20.9. The molecule has 3 aromatic carbocycles. The third-order valence-electron chi connectivity index (χ3n) is 5.54. The van der Waals surface area contributed by atoms with Gasteiger partial charge in [0.25, 0.3) is 5.91 Å². The van der Waals surface area contributed by atoms with Crippen LogP contribution in [0.15, 0.2) is 72.8 Å². The zero-order valence-corrected chi connectivity index (χ0v) is 19.5. The number of methoxy groups -OCH3 is 2. The van der Waals surface area contributed by atoms with Gasteiger partial charge in [0.15, 0.2) is 11.5 Å². The van der Waals surface area contributed by atoms with E-state index in [9.17, 15) is 13.6 Å². The summed E-state index contributed by atoms with van der Waals surface area (Å²) in [5.74, 6) is 1.03. The third kappa shape index (κ3) is 5.32. The minimum atomic E-state index is -2.88. The second-order valence-electron chi connectivity index (χ2n) is 7.83. The number of nitrogens with zero attached hydrogens (tertiary/aromatic N) is 2. The van der Waals surface area contributed by atoms with Crippen LogP contribution < -0.4 is 14.2 Å². The number of hydrogen-bond donors (Lipinski definition) is 0. The summed E-state index contributed by atoms with van der Waals surface area (Å²) in [7, 11) is 4.82. The van der Waals surface area contributed by atoms with E-state index >= 15 is 0 Å². The maximum Gasteiger partial charge on any atom is 0.387 e. The number of hydrogen-bond acceptors (Lipinski definition) is 5. The van der Waals surface area contributed by atoms with Gasteiger partial charge in [-0.2, -0.15) is 8.78 Å². The van der Waals surface area contributed by atoms with Gasteiger partial charge in [-0.1, -0.05) is 30.3 Å². The molecule has 0 spiro atoms. The standard InChI is InChI=1S/C27H24F2N2O4/c1-31(16-17-8-11-19(12-9-17)35-27(28)29)26(32)21-15-23(30-22-7-5-4-6-20(21)22)18-10-13-24(33-2)25(14-18)34-3/h4-15,27H,16H2,1-3H3. The van der Waals surface area contributed by atoms with E-state index in [1.54, 1.807) is 50.4 Å². The van der Waals surface area contributed by atoms with Crippen LogP contribution in [0, 0.1) is 0 Å². The number of amides is 1. The molecule has 0 unspecified atom stereocenters. The second kappa shape index (κ2) is 10.4. The quantitative estimate of drug-likeness (QED) is 0.321. The number of rotatable bonds is 8. The number of carbonyl (C=O) groups is 1. The van der Waals surface area contributed by atoms with Crippen LogP contribution in [0.1, 0.15) is 15.9 Å². The zero-order valence-electron chi connectivity index (χ0n) is 19.5. The predicted molar refractivity (Wildman–Crippen MR) is 129 cm³/mol. The highest BCUT2D eigenvalue weighted by Crippen LogP contribution is 2.33. The maximum atomic E-state index is 13.5. The number of carbonyl (C=O) groups excluding carboxylic acids is 1. The molecule has 8 heteroatoms. The van der Waals surface area contributed by atoms with E-state index in [0.29, 0.717) is 28.3 Å². The molecule has 0 bridgehead atoms. The van der Waals surface area contributed by atoms with E-state index in [1.165, 1.54) is 12.1 Å². The largest absolute Gasteiger partial charge is 0.493 e. The number of halogens is 2. The lowest BCUT2D eigenvalue weighted by atomic mass is 10.0. The van der Waals surface area contributed by atoms with Gasteiger partial charge < -0.3 is 19.1 Å². The summed E-state index contributed by atoms with van der Waals surface area (Å²) in [6.07, 6.45) is 0. The Bertz CT molecular complexity index is 1340. The molecule has 0 atom stereocenters. The van der Waals surface area contributed by atoms with Crippen molar-refractivity contribution in [2.45, 2.75) is 13.2 Å². The molecule has 1 amide bonds. The Hall–Kier alpha value is -4.20. The zero-order chi connectivity index (χ0) is 24.9.